The Balaban J connectivity index is 1.12. The molecular weight excluding hydrogens is 693 g/mol. The predicted octanol–water partition coefficient (Wildman–Crippen LogP) is 14.0. The number of hydrogen-bond donors (Lipinski definition) is 0. The lowest BCUT2D eigenvalue weighted by molar-refractivity contribution is 0.670. The zero-order valence-corrected chi connectivity index (χ0v) is 31.4. The van der Waals surface area contributed by atoms with Crippen LogP contribution in [0.3, 0.4) is 0 Å². The first-order chi connectivity index (χ1) is 28.1. The molecule has 0 fully saturated rings. The molecule has 1 aliphatic carbocycles. The van der Waals surface area contributed by atoms with E-state index in [9.17, 15) is 0 Å². The summed E-state index contributed by atoms with van der Waals surface area (Å²) in [4.78, 5) is 10.6. The highest BCUT2D eigenvalue weighted by Gasteiger charge is 2.40. The van der Waals surface area contributed by atoms with Crippen molar-refractivity contribution in [1.29, 1.82) is 0 Å². The molecule has 0 saturated carbocycles. The van der Waals surface area contributed by atoms with Gasteiger partial charge in [-0.05, 0) is 87.8 Å². The molecule has 0 radical (unpaired) electrons. The molecule has 0 amide bonds. The Morgan fingerprint density at radius 1 is 0.386 bits per heavy atom. The molecule has 8 aromatic carbocycles. The standard InChI is InChI=1S/C54H36N2O/c1-54(41-20-9-4-10-21-41)47-26-13-11-22-43(47)46-33-37(28-29-48(46)54)49-34-50(56-53(55-49)36-18-7-3-8-19-36)40-31-38(35-16-5-2-6-17-35)30-39(32-40)42-24-15-25-45-44-23-12-14-27-51(44)57-52(42)45/h2-34H,1H3. The number of para-hydroxylation sites is 2. The van der Waals surface area contributed by atoms with E-state index in [1.165, 1.54) is 27.8 Å². The van der Waals surface area contributed by atoms with Crippen LogP contribution in [0.15, 0.2) is 205 Å². The first kappa shape index (κ1) is 33.0. The SMILES string of the molecule is CC1(c2ccccc2)c2ccccc2-c2cc(-c3cc(-c4cc(-c5ccccc5)cc(-c5cccc6c5oc5ccccc56)c4)nc(-c4ccccc4)n3)ccc21. The largest absolute Gasteiger partial charge is 0.455 e. The summed E-state index contributed by atoms with van der Waals surface area (Å²) in [6, 6.07) is 71.0. The summed E-state index contributed by atoms with van der Waals surface area (Å²) in [6.07, 6.45) is 0. The molecule has 1 aliphatic rings. The molecule has 0 aliphatic heterocycles. The maximum absolute atomic E-state index is 6.56. The van der Waals surface area contributed by atoms with Gasteiger partial charge in [-0.25, -0.2) is 9.97 Å². The minimum absolute atomic E-state index is 0.269. The van der Waals surface area contributed by atoms with Gasteiger partial charge in [-0.3, -0.25) is 0 Å². The second-order valence-electron chi connectivity index (χ2n) is 15.1. The average molecular weight is 729 g/mol. The summed E-state index contributed by atoms with van der Waals surface area (Å²) in [5, 5.41) is 2.22. The Hall–Kier alpha value is -7.36. The van der Waals surface area contributed by atoms with Gasteiger partial charge >= 0.3 is 0 Å². The molecule has 57 heavy (non-hydrogen) atoms. The molecule has 268 valence electrons. The molecule has 3 heteroatoms. The summed E-state index contributed by atoms with van der Waals surface area (Å²) in [6.45, 7) is 2.35. The van der Waals surface area contributed by atoms with Crippen LogP contribution in [0, 0.1) is 0 Å². The molecule has 11 rings (SSSR count). The Morgan fingerprint density at radius 3 is 1.79 bits per heavy atom. The van der Waals surface area contributed by atoms with E-state index in [2.05, 4.69) is 177 Å². The van der Waals surface area contributed by atoms with Crippen molar-refractivity contribution in [2.75, 3.05) is 0 Å². The van der Waals surface area contributed by atoms with Gasteiger partial charge in [-0.2, -0.15) is 0 Å². The number of furan rings is 1. The first-order valence-corrected chi connectivity index (χ1v) is 19.5. The highest BCUT2D eigenvalue weighted by Crippen LogP contribution is 2.53. The molecule has 0 N–H and O–H groups in total. The van der Waals surface area contributed by atoms with Gasteiger partial charge in [0.1, 0.15) is 11.2 Å². The third-order valence-electron chi connectivity index (χ3n) is 11.8. The van der Waals surface area contributed by atoms with Gasteiger partial charge in [0.15, 0.2) is 5.82 Å². The molecular formula is C54H36N2O. The van der Waals surface area contributed by atoms with Crippen molar-refractivity contribution in [3.05, 3.63) is 217 Å². The van der Waals surface area contributed by atoms with Crippen LogP contribution in [-0.2, 0) is 5.41 Å². The van der Waals surface area contributed by atoms with E-state index in [1.54, 1.807) is 0 Å². The quantitative estimate of drug-likeness (QED) is 0.171. The van der Waals surface area contributed by atoms with E-state index < -0.39 is 0 Å². The Bertz CT molecular complexity index is 3130. The lowest BCUT2D eigenvalue weighted by Gasteiger charge is -2.28. The second-order valence-corrected chi connectivity index (χ2v) is 15.1. The van der Waals surface area contributed by atoms with Crippen LogP contribution in [0.2, 0.25) is 0 Å². The molecule has 0 bridgehead atoms. The highest BCUT2D eigenvalue weighted by atomic mass is 16.3. The maximum Gasteiger partial charge on any atom is 0.160 e. The van der Waals surface area contributed by atoms with Crippen molar-refractivity contribution in [2.24, 2.45) is 0 Å². The van der Waals surface area contributed by atoms with Crippen LogP contribution in [0.4, 0.5) is 0 Å². The molecule has 2 aromatic heterocycles. The fraction of sp³-hybridized carbons (Fsp3) is 0.0370. The van der Waals surface area contributed by atoms with E-state index in [-0.39, 0.29) is 5.41 Å². The zero-order chi connectivity index (χ0) is 37.9. The summed E-state index contributed by atoms with van der Waals surface area (Å²) in [5.41, 5.74) is 17.0. The number of aromatic nitrogens is 2. The Kier molecular flexibility index (Phi) is 7.61. The highest BCUT2D eigenvalue weighted by molar-refractivity contribution is 6.09. The number of hydrogen-bond acceptors (Lipinski definition) is 3. The van der Waals surface area contributed by atoms with Crippen LogP contribution in [0.1, 0.15) is 23.6 Å². The molecule has 3 nitrogen and oxygen atoms in total. The van der Waals surface area contributed by atoms with Gasteiger partial charge in [0.05, 0.1) is 11.4 Å². The van der Waals surface area contributed by atoms with E-state index in [4.69, 9.17) is 14.4 Å². The van der Waals surface area contributed by atoms with Crippen molar-refractivity contribution >= 4 is 21.9 Å². The normalized spacial score (nSPS) is 14.5. The van der Waals surface area contributed by atoms with Crippen molar-refractivity contribution in [2.45, 2.75) is 12.3 Å². The average Bonchev–Trinajstić information content (AvgIpc) is 3.80. The topological polar surface area (TPSA) is 38.9 Å². The van der Waals surface area contributed by atoms with Crippen LogP contribution < -0.4 is 0 Å². The number of benzene rings is 8. The van der Waals surface area contributed by atoms with E-state index >= 15 is 0 Å². The maximum atomic E-state index is 6.56. The van der Waals surface area contributed by atoms with Crippen LogP contribution >= 0.6 is 0 Å². The summed E-state index contributed by atoms with van der Waals surface area (Å²) >= 11 is 0. The third-order valence-corrected chi connectivity index (χ3v) is 11.8. The van der Waals surface area contributed by atoms with Gasteiger partial charge in [0, 0.05) is 38.4 Å². The van der Waals surface area contributed by atoms with Gasteiger partial charge in [0.2, 0.25) is 0 Å². The van der Waals surface area contributed by atoms with Crippen LogP contribution in [0.25, 0.3) is 89.2 Å². The van der Waals surface area contributed by atoms with E-state index in [0.717, 1.165) is 72.3 Å². The molecule has 0 saturated heterocycles. The Labute approximate surface area is 331 Å². The smallest absolute Gasteiger partial charge is 0.160 e. The minimum atomic E-state index is -0.269. The van der Waals surface area contributed by atoms with Crippen molar-refractivity contribution < 1.29 is 4.42 Å². The molecule has 1 unspecified atom stereocenters. The fourth-order valence-corrected chi connectivity index (χ4v) is 8.91. The number of rotatable bonds is 6. The minimum Gasteiger partial charge on any atom is -0.455 e. The molecule has 2 heterocycles. The summed E-state index contributed by atoms with van der Waals surface area (Å²) in [7, 11) is 0. The van der Waals surface area contributed by atoms with Crippen LogP contribution in [-0.4, -0.2) is 9.97 Å². The lowest BCUT2D eigenvalue weighted by atomic mass is 9.74. The molecule has 1 atom stereocenters. The molecule has 10 aromatic rings. The van der Waals surface area contributed by atoms with E-state index in [0.29, 0.717) is 5.82 Å². The Morgan fingerprint density at radius 2 is 0.982 bits per heavy atom. The summed E-state index contributed by atoms with van der Waals surface area (Å²) in [5.74, 6) is 0.684. The van der Waals surface area contributed by atoms with Gasteiger partial charge in [0.25, 0.3) is 0 Å². The predicted molar refractivity (Wildman–Crippen MR) is 234 cm³/mol. The van der Waals surface area contributed by atoms with E-state index in [1.807, 2.05) is 30.3 Å². The fourth-order valence-electron chi connectivity index (χ4n) is 8.91. The first-order valence-electron chi connectivity index (χ1n) is 19.5. The monoisotopic (exact) mass is 728 g/mol. The van der Waals surface area contributed by atoms with Gasteiger partial charge in [-0.1, -0.05) is 164 Å². The second kappa shape index (κ2) is 13.1. The zero-order valence-electron chi connectivity index (χ0n) is 31.4. The summed E-state index contributed by atoms with van der Waals surface area (Å²) < 4.78 is 6.56. The number of fused-ring (bicyclic) bond motifs is 6. The number of nitrogens with zero attached hydrogens (tertiary/aromatic N) is 2. The van der Waals surface area contributed by atoms with Gasteiger partial charge < -0.3 is 4.42 Å². The van der Waals surface area contributed by atoms with Crippen molar-refractivity contribution in [3.8, 4) is 67.3 Å². The van der Waals surface area contributed by atoms with Crippen molar-refractivity contribution in [1.82, 2.24) is 9.97 Å². The lowest BCUT2D eigenvalue weighted by Crippen LogP contribution is -2.22. The molecule has 0 spiro atoms. The van der Waals surface area contributed by atoms with Crippen molar-refractivity contribution in [3.63, 3.8) is 0 Å². The van der Waals surface area contributed by atoms with Crippen LogP contribution in [0.5, 0.6) is 0 Å². The van der Waals surface area contributed by atoms with Gasteiger partial charge in [-0.15, -0.1) is 0 Å². The third kappa shape index (κ3) is 5.43.